The topological polar surface area (TPSA) is 54.9 Å². The highest BCUT2D eigenvalue weighted by Gasteiger charge is 2.40. The van der Waals surface area contributed by atoms with Crippen molar-refractivity contribution in [3.05, 3.63) is 53.7 Å². The van der Waals surface area contributed by atoms with Gasteiger partial charge in [0.2, 0.25) is 0 Å². The molecule has 1 amide bonds. The number of likely N-dealkylation sites (tertiary alicyclic amines) is 1. The van der Waals surface area contributed by atoms with E-state index in [-0.39, 0.29) is 5.91 Å². The third-order valence-corrected chi connectivity index (χ3v) is 5.78. The van der Waals surface area contributed by atoms with Gasteiger partial charge in [0, 0.05) is 49.9 Å². The molecule has 140 valence electrons. The molecule has 6 heteroatoms. The summed E-state index contributed by atoms with van der Waals surface area (Å²) < 4.78 is 11.5. The number of hydrogen-bond donors (Lipinski definition) is 0. The maximum Gasteiger partial charge on any atom is 0.254 e. The fourth-order valence-corrected chi connectivity index (χ4v) is 4.29. The monoisotopic (exact) mass is 365 g/mol. The van der Waals surface area contributed by atoms with E-state index in [2.05, 4.69) is 28.1 Å². The lowest BCUT2D eigenvalue weighted by Gasteiger charge is -2.37. The first-order chi connectivity index (χ1) is 13.2. The summed E-state index contributed by atoms with van der Waals surface area (Å²) in [7, 11) is 0. The van der Waals surface area contributed by atoms with E-state index in [0.717, 1.165) is 31.6 Å². The molecule has 6 nitrogen and oxygen atoms in total. The zero-order chi connectivity index (χ0) is 18.3. The van der Waals surface area contributed by atoms with Crippen molar-refractivity contribution in [2.24, 2.45) is 0 Å². The molecule has 0 atom stereocenters. The van der Waals surface area contributed by atoms with Gasteiger partial charge in [-0.3, -0.25) is 4.79 Å². The maximum absolute atomic E-state index is 13.0. The highest BCUT2D eigenvalue weighted by Crippen LogP contribution is 2.34. The summed E-state index contributed by atoms with van der Waals surface area (Å²) in [6.07, 6.45) is 4.20. The normalized spacial score (nSPS) is 20.9. The molecule has 1 spiro atoms. The van der Waals surface area contributed by atoms with E-state index in [9.17, 15) is 4.79 Å². The first-order valence-electron chi connectivity index (χ1n) is 9.63. The third kappa shape index (κ3) is 2.99. The minimum atomic E-state index is -0.459. The number of carbonyl (C=O) groups is 1. The van der Waals surface area contributed by atoms with Crippen molar-refractivity contribution in [1.82, 2.24) is 9.88 Å². The molecule has 0 saturated carbocycles. The molecule has 0 aliphatic carbocycles. The van der Waals surface area contributed by atoms with Crippen LogP contribution in [0.15, 0.2) is 42.6 Å². The first kappa shape index (κ1) is 16.7. The molecule has 0 unspecified atom stereocenters. The van der Waals surface area contributed by atoms with E-state index < -0.39 is 5.79 Å². The fourth-order valence-electron chi connectivity index (χ4n) is 4.29. The van der Waals surface area contributed by atoms with Crippen LogP contribution in [-0.4, -0.2) is 54.4 Å². The predicted octanol–water partition coefficient (Wildman–Crippen LogP) is 2.75. The minimum absolute atomic E-state index is 0.0546. The smallest absolute Gasteiger partial charge is 0.254 e. The summed E-state index contributed by atoms with van der Waals surface area (Å²) in [4.78, 5) is 21.6. The number of nitrogens with zero attached hydrogens (tertiary/aromatic N) is 3. The number of hydrogen-bond acceptors (Lipinski definition) is 5. The Hall–Kier alpha value is -2.44. The third-order valence-electron chi connectivity index (χ3n) is 5.78. The molecule has 0 N–H and O–H groups in total. The van der Waals surface area contributed by atoms with Crippen LogP contribution in [0.3, 0.4) is 0 Å². The average molecular weight is 365 g/mol. The van der Waals surface area contributed by atoms with Gasteiger partial charge in [-0.05, 0) is 30.2 Å². The average Bonchev–Trinajstić information content (AvgIpc) is 3.35. The number of rotatable bonds is 2. The fraction of sp³-hybridized carbons (Fsp3) is 0.429. The summed E-state index contributed by atoms with van der Waals surface area (Å²) in [6, 6.07) is 12.1. The molecule has 3 aliphatic heterocycles. The van der Waals surface area contributed by atoms with Gasteiger partial charge in [-0.25, -0.2) is 4.98 Å². The SMILES string of the molecule is O=C(c1ccnc(N2CCc3ccccc32)c1)N1CCC2(CC1)OCCO2. The lowest BCUT2D eigenvalue weighted by molar-refractivity contribution is -0.181. The lowest BCUT2D eigenvalue weighted by atomic mass is 10.0. The van der Waals surface area contributed by atoms with Crippen LogP contribution >= 0.6 is 0 Å². The van der Waals surface area contributed by atoms with Crippen LogP contribution < -0.4 is 4.90 Å². The van der Waals surface area contributed by atoms with Gasteiger partial charge in [0.15, 0.2) is 5.79 Å². The van der Waals surface area contributed by atoms with Gasteiger partial charge in [-0.15, -0.1) is 0 Å². The van der Waals surface area contributed by atoms with Crippen LogP contribution in [0.4, 0.5) is 11.5 Å². The van der Waals surface area contributed by atoms with Crippen molar-refractivity contribution < 1.29 is 14.3 Å². The number of carbonyl (C=O) groups excluding carboxylic acids is 1. The van der Waals surface area contributed by atoms with Crippen molar-refractivity contribution in [3.8, 4) is 0 Å². The molecule has 4 heterocycles. The maximum atomic E-state index is 13.0. The Labute approximate surface area is 158 Å². The zero-order valence-corrected chi connectivity index (χ0v) is 15.3. The van der Waals surface area contributed by atoms with E-state index in [1.54, 1.807) is 12.3 Å². The summed E-state index contributed by atoms with van der Waals surface area (Å²) >= 11 is 0. The Kier molecular flexibility index (Phi) is 4.10. The summed E-state index contributed by atoms with van der Waals surface area (Å²) in [5, 5.41) is 0. The minimum Gasteiger partial charge on any atom is -0.347 e. The Bertz CT molecular complexity index is 853. The summed E-state index contributed by atoms with van der Waals surface area (Å²) in [6.45, 7) is 3.51. The Balaban J connectivity index is 1.33. The lowest BCUT2D eigenvalue weighted by Crippen LogP contribution is -2.47. The molecular formula is C21H23N3O3. The van der Waals surface area contributed by atoms with E-state index >= 15 is 0 Å². The van der Waals surface area contributed by atoms with E-state index in [0.29, 0.717) is 31.9 Å². The van der Waals surface area contributed by atoms with Crippen LogP contribution in [0.2, 0.25) is 0 Å². The predicted molar refractivity (Wildman–Crippen MR) is 101 cm³/mol. The van der Waals surface area contributed by atoms with Crippen LogP contribution in [0.1, 0.15) is 28.8 Å². The van der Waals surface area contributed by atoms with Gasteiger partial charge in [-0.2, -0.15) is 0 Å². The Morgan fingerprint density at radius 3 is 2.63 bits per heavy atom. The molecule has 5 rings (SSSR count). The number of ether oxygens (including phenoxy) is 2. The molecule has 2 aromatic rings. The van der Waals surface area contributed by atoms with Gasteiger partial charge in [0.25, 0.3) is 5.91 Å². The van der Waals surface area contributed by atoms with Gasteiger partial charge in [0.1, 0.15) is 5.82 Å². The molecule has 2 fully saturated rings. The summed E-state index contributed by atoms with van der Waals surface area (Å²) in [5.74, 6) is 0.431. The zero-order valence-electron chi connectivity index (χ0n) is 15.3. The first-order valence-corrected chi connectivity index (χ1v) is 9.63. The van der Waals surface area contributed by atoms with Gasteiger partial charge >= 0.3 is 0 Å². The second kappa shape index (κ2) is 6.62. The standard InChI is InChI=1S/C21H23N3O3/c25-20(23-11-7-21(8-12-23)26-13-14-27-21)17-5-9-22-19(15-17)24-10-6-16-3-1-2-4-18(16)24/h1-5,9,15H,6-8,10-14H2. The number of benzene rings is 1. The van der Waals surface area contributed by atoms with Crippen LogP contribution in [0, 0.1) is 0 Å². The Morgan fingerprint density at radius 2 is 1.81 bits per heavy atom. The van der Waals surface area contributed by atoms with Crippen LogP contribution in [-0.2, 0) is 15.9 Å². The van der Waals surface area contributed by atoms with Gasteiger partial charge in [0.05, 0.1) is 13.2 Å². The van der Waals surface area contributed by atoms with Crippen molar-refractivity contribution in [1.29, 1.82) is 0 Å². The van der Waals surface area contributed by atoms with Crippen molar-refractivity contribution >= 4 is 17.4 Å². The largest absolute Gasteiger partial charge is 0.347 e. The van der Waals surface area contributed by atoms with Crippen molar-refractivity contribution in [2.45, 2.75) is 25.0 Å². The van der Waals surface area contributed by atoms with E-state index in [1.807, 2.05) is 17.0 Å². The number of para-hydroxylation sites is 1. The molecular weight excluding hydrogens is 342 g/mol. The number of aromatic nitrogens is 1. The number of piperidine rings is 1. The number of anilines is 2. The number of fused-ring (bicyclic) bond motifs is 1. The van der Waals surface area contributed by atoms with Crippen molar-refractivity contribution in [3.63, 3.8) is 0 Å². The molecule has 1 aromatic heterocycles. The van der Waals surface area contributed by atoms with E-state index in [1.165, 1.54) is 11.3 Å². The second-order valence-electron chi connectivity index (χ2n) is 7.33. The second-order valence-corrected chi connectivity index (χ2v) is 7.33. The molecule has 2 saturated heterocycles. The van der Waals surface area contributed by atoms with E-state index in [4.69, 9.17) is 9.47 Å². The molecule has 27 heavy (non-hydrogen) atoms. The van der Waals surface area contributed by atoms with Gasteiger partial charge < -0.3 is 19.3 Å². The highest BCUT2D eigenvalue weighted by atomic mass is 16.7. The summed E-state index contributed by atoms with van der Waals surface area (Å²) in [5.41, 5.74) is 3.20. The quantitative estimate of drug-likeness (QED) is 0.819. The number of amides is 1. The van der Waals surface area contributed by atoms with Crippen LogP contribution in [0.5, 0.6) is 0 Å². The molecule has 0 bridgehead atoms. The number of pyridine rings is 1. The molecule has 1 aromatic carbocycles. The molecule has 3 aliphatic rings. The van der Waals surface area contributed by atoms with Crippen LogP contribution in [0.25, 0.3) is 0 Å². The Morgan fingerprint density at radius 1 is 1.04 bits per heavy atom. The highest BCUT2D eigenvalue weighted by molar-refractivity contribution is 5.95. The van der Waals surface area contributed by atoms with Crippen molar-refractivity contribution in [2.75, 3.05) is 37.7 Å². The van der Waals surface area contributed by atoms with Gasteiger partial charge in [-0.1, -0.05) is 18.2 Å². The molecule has 0 radical (unpaired) electrons.